The molecule has 0 aliphatic carbocycles. The van der Waals surface area contributed by atoms with Gasteiger partial charge in [0.15, 0.2) is 0 Å². The van der Waals surface area contributed by atoms with E-state index in [2.05, 4.69) is 11.4 Å². The molecule has 106 valence electrons. The lowest BCUT2D eigenvalue weighted by Gasteiger charge is -2.29. The van der Waals surface area contributed by atoms with Gasteiger partial charge in [-0.15, -0.1) is 0 Å². The van der Waals surface area contributed by atoms with Crippen molar-refractivity contribution in [1.82, 2.24) is 10.2 Å². The number of hydrogen-bond donors (Lipinski definition) is 1. The molecule has 0 spiro atoms. The second-order valence-electron chi connectivity index (χ2n) is 5.28. The van der Waals surface area contributed by atoms with Gasteiger partial charge < -0.3 is 4.90 Å². The molecular weight excluding hydrogens is 270 g/mol. The van der Waals surface area contributed by atoms with Gasteiger partial charge >= 0.3 is 0 Å². The number of imide groups is 1. The number of fused-ring (bicyclic) bond motifs is 1. The Kier molecular flexibility index (Phi) is 2.98. The average molecular weight is 283 g/mol. The third kappa shape index (κ3) is 1.98. The predicted octanol–water partition coefficient (Wildman–Crippen LogP) is 0.628. The van der Waals surface area contributed by atoms with E-state index in [9.17, 15) is 14.4 Å². The molecule has 1 N–H and O–H groups in total. The van der Waals surface area contributed by atoms with Crippen LogP contribution in [-0.4, -0.2) is 28.7 Å². The summed E-state index contributed by atoms with van der Waals surface area (Å²) in [6.07, 6.45) is 0.577. The Bertz CT molecular complexity index is 718. The number of nitriles is 1. The van der Waals surface area contributed by atoms with Gasteiger partial charge in [0.25, 0.3) is 5.91 Å². The summed E-state index contributed by atoms with van der Waals surface area (Å²) in [7, 11) is 0. The summed E-state index contributed by atoms with van der Waals surface area (Å²) in [5.41, 5.74) is 2.45. The molecule has 2 aliphatic heterocycles. The molecule has 0 bridgehead atoms. The van der Waals surface area contributed by atoms with Crippen molar-refractivity contribution in [1.29, 1.82) is 5.26 Å². The number of hydrogen-bond acceptors (Lipinski definition) is 4. The maximum absolute atomic E-state index is 12.6. The molecule has 0 aromatic heterocycles. The first-order valence-corrected chi connectivity index (χ1v) is 6.70. The summed E-state index contributed by atoms with van der Waals surface area (Å²) < 4.78 is 0. The Morgan fingerprint density at radius 3 is 2.76 bits per heavy atom. The first-order chi connectivity index (χ1) is 10.0. The Morgan fingerprint density at radius 1 is 1.33 bits per heavy atom. The van der Waals surface area contributed by atoms with E-state index >= 15 is 0 Å². The number of nitrogens with one attached hydrogen (secondary N) is 1. The topological polar surface area (TPSA) is 90.3 Å². The molecule has 1 atom stereocenters. The highest BCUT2D eigenvalue weighted by atomic mass is 16.2. The molecule has 1 saturated heterocycles. The first-order valence-electron chi connectivity index (χ1n) is 6.70. The van der Waals surface area contributed by atoms with Crippen LogP contribution in [0.25, 0.3) is 0 Å². The van der Waals surface area contributed by atoms with Crippen LogP contribution in [0.2, 0.25) is 0 Å². The molecule has 1 aromatic rings. The molecule has 0 saturated carbocycles. The summed E-state index contributed by atoms with van der Waals surface area (Å²) in [5.74, 6) is -0.969. The normalized spacial score (nSPS) is 21.0. The molecule has 6 heteroatoms. The van der Waals surface area contributed by atoms with Gasteiger partial charge in [-0.05, 0) is 30.5 Å². The summed E-state index contributed by atoms with van der Waals surface area (Å²) in [6.45, 7) is 2.08. The van der Waals surface area contributed by atoms with Gasteiger partial charge in [0, 0.05) is 18.5 Å². The van der Waals surface area contributed by atoms with E-state index in [4.69, 9.17) is 5.26 Å². The minimum atomic E-state index is -0.618. The minimum Gasteiger partial charge on any atom is -0.322 e. The van der Waals surface area contributed by atoms with Crippen molar-refractivity contribution in [2.24, 2.45) is 0 Å². The van der Waals surface area contributed by atoms with Crippen LogP contribution in [0.1, 0.15) is 39.9 Å². The number of carbonyl (C=O) groups excluding carboxylic acids is 3. The smallest absolute Gasteiger partial charge is 0.255 e. The van der Waals surface area contributed by atoms with Crippen LogP contribution in [0.3, 0.4) is 0 Å². The number of amides is 3. The molecule has 3 amide bonds. The van der Waals surface area contributed by atoms with E-state index in [1.807, 2.05) is 0 Å². The SMILES string of the molecule is Cc1c(C#N)ccc2c1C(=O)N(C1CCC(=O)NC1=O)C2. The van der Waals surface area contributed by atoms with Crippen molar-refractivity contribution in [3.63, 3.8) is 0 Å². The van der Waals surface area contributed by atoms with Crippen LogP contribution < -0.4 is 5.32 Å². The zero-order chi connectivity index (χ0) is 15.1. The molecule has 6 nitrogen and oxygen atoms in total. The lowest BCUT2D eigenvalue weighted by Crippen LogP contribution is -2.52. The maximum Gasteiger partial charge on any atom is 0.255 e. The highest BCUT2D eigenvalue weighted by Crippen LogP contribution is 2.30. The van der Waals surface area contributed by atoms with Crippen molar-refractivity contribution < 1.29 is 14.4 Å². The molecule has 1 aromatic carbocycles. The van der Waals surface area contributed by atoms with E-state index in [-0.39, 0.29) is 18.2 Å². The molecule has 21 heavy (non-hydrogen) atoms. The zero-order valence-corrected chi connectivity index (χ0v) is 11.5. The highest BCUT2D eigenvalue weighted by Gasteiger charge is 2.39. The Balaban J connectivity index is 1.94. The summed E-state index contributed by atoms with van der Waals surface area (Å²) >= 11 is 0. The summed E-state index contributed by atoms with van der Waals surface area (Å²) in [5, 5.41) is 11.3. The molecule has 3 rings (SSSR count). The maximum atomic E-state index is 12.6. The zero-order valence-electron chi connectivity index (χ0n) is 11.5. The standard InChI is InChI=1S/C15H13N3O3/c1-8-9(6-16)2-3-10-7-18(15(21)13(8)10)11-4-5-12(19)17-14(11)20/h2-3,11H,4-5,7H2,1H3,(H,17,19,20). The van der Waals surface area contributed by atoms with Gasteiger partial charge in [-0.3, -0.25) is 19.7 Å². The second kappa shape index (κ2) is 4.70. The van der Waals surface area contributed by atoms with Crippen molar-refractivity contribution in [3.05, 3.63) is 34.4 Å². The monoisotopic (exact) mass is 283 g/mol. The summed E-state index contributed by atoms with van der Waals surface area (Å²) in [6, 6.07) is 4.89. The van der Waals surface area contributed by atoms with Crippen molar-refractivity contribution in [2.75, 3.05) is 0 Å². The fraction of sp³-hybridized carbons (Fsp3) is 0.333. The van der Waals surface area contributed by atoms with E-state index < -0.39 is 11.9 Å². The number of benzene rings is 1. The first kappa shape index (κ1) is 13.3. The third-order valence-electron chi connectivity index (χ3n) is 4.07. The van der Waals surface area contributed by atoms with Crippen molar-refractivity contribution in [3.8, 4) is 6.07 Å². The Labute approximate surface area is 121 Å². The Morgan fingerprint density at radius 2 is 2.10 bits per heavy atom. The fourth-order valence-corrected chi connectivity index (χ4v) is 2.95. The van der Waals surface area contributed by atoms with Gasteiger partial charge in [0.1, 0.15) is 6.04 Å². The van der Waals surface area contributed by atoms with Crippen LogP contribution in [0.5, 0.6) is 0 Å². The van der Waals surface area contributed by atoms with Gasteiger partial charge in [-0.2, -0.15) is 5.26 Å². The van der Waals surface area contributed by atoms with Gasteiger partial charge in [-0.25, -0.2) is 0 Å². The molecular formula is C15H13N3O3. The van der Waals surface area contributed by atoms with Crippen molar-refractivity contribution in [2.45, 2.75) is 32.4 Å². The van der Waals surface area contributed by atoms with E-state index in [0.29, 0.717) is 29.7 Å². The quantitative estimate of drug-likeness (QED) is 0.765. The molecule has 1 unspecified atom stereocenters. The lowest BCUT2D eigenvalue weighted by molar-refractivity contribution is -0.136. The molecule has 2 heterocycles. The third-order valence-corrected chi connectivity index (χ3v) is 4.07. The second-order valence-corrected chi connectivity index (χ2v) is 5.28. The van der Waals surface area contributed by atoms with Gasteiger partial charge in [0.05, 0.1) is 11.6 Å². The lowest BCUT2D eigenvalue weighted by atomic mass is 9.99. The van der Waals surface area contributed by atoms with E-state index in [1.54, 1.807) is 19.1 Å². The average Bonchev–Trinajstić information content (AvgIpc) is 2.77. The molecule has 0 radical (unpaired) electrons. The van der Waals surface area contributed by atoms with Crippen LogP contribution in [0.4, 0.5) is 0 Å². The number of piperidine rings is 1. The molecule has 1 fully saturated rings. The summed E-state index contributed by atoms with van der Waals surface area (Å²) in [4.78, 5) is 37.2. The van der Waals surface area contributed by atoms with E-state index in [1.165, 1.54) is 4.90 Å². The highest BCUT2D eigenvalue weighted by molar-refractivity contribution is 6.06. The van der Waals surface area contributed by atoms with Crippen LogP contribution >= 0.6 is 0 Å². The van der Waals surface area contributed by atoms with Crippen LogP contribution in [-0.2, 0) is 16.1 Å². The van der Waals surface area contributed by atoms with Crippen LogP contribution in [0, 0.1) is 18.3 Å². The predicted molar refractivity (Wildman–Crippen MR) is 71.9 cm³/mol. The minimum absolute atomic E-state index is 0.235. The van der Waals surface area contributed by atoms with Gasteiger partial charge in [-0.1, -0.05) is 6.07 Å². The van der Waals surface area contributed by atoms with Gasteiger partial charge in [0.2, 0.25) is 11.8 Å². The van der Waals surface area contributed by atoms with Crippen molar-refractivity contribution >= 4 is 17.7 Å². The molecule has 2 aliphatic rings. The number of nitrogens with zero attached hydrogens (tertiary/aromatic N) is 2. The number of rotatable bonds is 1. The number of carbonyl (C=O) groups is 3. The van der Waals surface area contributed by atoms with Crippen LogP contribution in [0.15, 0.2) is 12.1 Å². The Hall–Kier alpha value is -2.68. The fourth-order valence-electron chi connectivity index (χ4n) is 2.95. The largest absolute Gasteiger partial charge is 0.322 e. The van der Waals surface area contributed by atoms with E-state index in [0.717, 1.165) is 5.56 Å².